The van der Waals surface area contributed by atoms with Gasteiger partial charge < -0.3 is 9.84 Å². The number of halogens is 2. The first-order valence-electron chi connectivity index (χ1n) is 6.69. The number of ether oxygens (including phenoxy) is 1. The lowest BCUT2D eigenvalue weighted by molar-refractivity contribution is 0.173. The quantitative estimate of drug-likeness (QED) is 0.821. The standard InChI is InChI=1S/C17H18BrClO2/c1-10-4-5-11(2)12(6-10)7-16(20)14-8-13(19)9-15(18)17(14)21-3/h4-6,8-9,16,20H,7H2,1-3H3. The van der Waals surface area contributed by atoms with Gasteiger partial charge in [0.15, 0.2) is 0 Å². The molecule has 2 aromatic carbocycles. The van der Waals surface area contributed by atoms with Crippen LogP contribution in [0.1, 0.15) is 28.4 Å². The van der Waals surface area contributed by atoms with E-state index < -0.39 is 6.10 Å². The van der Waals surface area contributed by atoms with Crippen molar-refractivity contribution in [3.63, 3.8) is 0 Å². The molecule has 2 rings (SSSR count). The lowest BCUT2D eigenvalue weighted by atomic mass is 9.96. The largest absolute Gasteiger partial charge is 0.495 e. The van der Waals surface area contributed by atoms with Gasteiger partial charge in [0, 0.05) is 17.0 Å². The number of hydrogen-bond donors (Lipinski definition) is 1. The molecule has 4 heteroatoms. The van der Waals surface area contributed by atoms with E-state index in [1.165, 1.54) is 11.1 Å². The van der Waals surface area contributed by atoms with Crippen LogP contribution >= 0.6 is 27.5 Å². The Kier molecular flexibility index (Phi) is 5.31. The molecule has 2 nitrogen and oxygen atoms in total. The second-order valence-electron chi connectivity index (χ2n) is 5.16. The molecule has 1 unspecified atom stereocenters. The van der Waals surface area contributed by atoms with E-state index in [4.69, 9.17) is 16.3 Å². The van der Waals surface area contributed by atoms with Crippen LogP contribution in [0.4, 0.5) is 0 Å². The molecule has 0 radical (unpaired) electrons. The number of aliphatic hydroxyl groups is 1. The summed E-state index contributed by atoms with van der Waals surface area (Å²) in [5, 5.41) is 11.2. The summed E-state index contributed by atoms with van der Waals surface area (Å²) in [4.78, 5) is 0. The molecule has 21 heavy (non-hydrogen) atoms. The molecule has 0 saturated carbocycles. The van der Waals surface area contributed by atoms with Gasteiger partial charge in [-0.1, -0.05) is 35.4 Å². The maximum Gasteiger partial charge on any atom is 0.138 e. The van der Waals surface area contributed by atoms with Crippen LogP contribution in [0, 0.1) is 13.8 Å². The lowest BCUT2D eigenvalue weighted by Gasteiger charge is -2.18. The van der Waals surface area contributed by atoms with Crippen molar-refractivity contribution in [1.82, 2.24) is 0 Å². The lowest BCUT2D eigenvalue weighted by Crippen LogP contribution is -2.06. The predicted molar refractivity (Wildman–Crippen MR) is 90.3 cm³/mol. The van der Waals surface area contributed by atoms with E-state index in [9.17, 15) is 5.11 Å². The maximum atomic E-state index is 10.6. The van der Waals surface area contributed by atoms with Crippen molar-refractivity contribution < 1.29 is 9.84 Å². The van der Waals surface area contributed by atoms with Crippen LogP contribution < -0.4 is 4.74 Å². The van der Waals surface area contributed by atoms with E-state index in [-0.39, 0.29) is 0 Å². The van der Waals surface area contributed by atoms with E-state index in [1.807, 2.05) is 13.8 Å². The Bertz CT molecular complexity index is 655. The van der Waals surface area contributed by atoms with Crippen LogP contribution in [0.25, 0.3) is 0 Å². The predicted octanol–water partition coefficient (Wildman–Crippen LogP) is 5.00. The smallest absolute Gasteiger partial charge is 0.138 e. The van der Waals surface area contributed by atoms with Gasteiger partial charge in [0.1, 0.15) is 5.75 Å². The zero-order chi connectivity index (χ0) is 15.6. The summed E-state index contributed by atoms with van der Waals surface area (Å²) in [7, 11) is 1.59. The first-order valence-corrected chi connectivity index (χ1v) is 7.86. The Labute approximate surface area is 138 Å². The van der Waals surface area contributed by atoms with E-state index in [1.54, 1.807) is 19.2 Å². The zero-order valence-electron chi connectivity index (χ0n) is 12.3. The molecule has 0 saturated heterocycles. The van der Waals surface area contributed by atoms with Crippen molar-refractivity contribution in [2.24, 2.45) is 0 Å². The Morgan fingerprint density at radius 3 is 2.62 bits per heavy atom. The number of aliphatic hydroxyl groups excluding tert-OH is 1. The molecule has 1 atom stereocenters. The van der Waals surface area contributed by atoms with Crippen LogP contribution in [0.15, 0.2) is 34.8 Å². The number of aryl methyl sites for hydroxylation is 2. The van der Waals surface area contributed by atoms with Gasteiger partial charge in [-0.05, 0) is 53.0 Å². The summed E-state index contributed by atoms with van der Waals surface area (Å²) in [6, 6.07) is 9.75. The van der Waals surface area contributed by atoms with E-state index >= 15 is 0 Å². The molecule has 0 aliphatic heterocycles. The van der Waals surface area contributed by atoms with Crippen LogP contribution in [0.2, 0.25) is 5.02 Å². The van der Waals surface area contributed by atoms with Crippen LogP contribution in [0.5, 0.6) is 5.75 Å². The van der Waals surface area contributed by atoms with Gasteiger partial charge in [-0.2, -0.15) is 0 Å². The van der Waals surface area contributed by atoms with E-state index in [0.29, 0.717) is 22.8 Å². The first-order chi connectivity index (χ1) is 9.92. The molecule has 0 aliphatic carbocycles. The molecule has 0 aliphatic rings. The van der Waals surface area contributed by atoms with Gasteiger partial charge >= 0.3 is 0 Å². The fourth-order valence-electron chi connectivity index (χ4n) is 2.38. The molecule has 0 spiro atoms. The Balaban J connectivity index is 2.36. The van der Waals surface area contributed by atoms with Crippen LogP contribution in [0.3, 0.4) is 0 Å². The van der Waals surface area contributed by atoms with Gasteiger partial charge in [-0.15, -0.1) is 0 Å². The normalized spacial score (nSPS) is 12.3. The maximum absolute atomic E-state index is 10.6. The summed E-state index contributed by atoms with van der Waals surface area (Å²) in [6.45, 7) is 4.10. The number of methoxy groups -OCH3 is 1. The Hall–Kier alpha value is -1.03. The minimum atomic E-state index is -0.671. The fraction of sp³-hybridized carbons (Fsp3) is 0.294. The minimum Gasteiger partial charge on any atom is -0.495 e. The summed E-state index contributed by atoms with van der Waals surface area (Å²) in [5.41, 5.74) is 4.17. The van der Waals surface area contributed by atoms with Gasteiger partial charge in [-0.3, -0.25) is 0 Å². The SMILES string of the molecule is COc1c(Br)cc(Cl)cc1C(O)Cc1cc(C)ccc1C. The highest BCUT2D eigenvalue weighted by atomic mass is 79.9. The molecule has 0 fully saturated rings. The number of benzene rings is 2. The highest BCUT2D eigenvalue weighted by Crippen LogP contribution is 2.37. The summed E-state index contributed by atoms with van der Waals surface area (Å²) in [5.74, 6) is 0.622. The summed E-state index contributed by atoms with van der Waals surface area (Å²) < 4.78 is 6.12. The highest BCUT2D eigenvalue weighted by Gasteiger charge is 2.18. The third-order valence-electron chi connectivity index (χ3n) is 3.52. The average Bonchev–Trinajstić information content (AvgIpc) is 2.42. The van der Waals surface area contributed by atoms with Gasteiger partial charge in [0.05, 0.1) is 17.7 Å². The second kappa shape index (κ2) is 6.82. The van der Waals surface area contributed by atoms with Crippen LogP contribution in [-0.2, 0) is 6.42 Å². The van der Waals surface area contributed by atoms with Crippen molar-refractivity contribution >= 4 is 27.5 Å². The summed E-state index contributed by atoms with van der Waals surface area (Å²) >= 11 is 9.50. The highest BCUT2D eigenvalue weighted by molar-refractivity contribution is 9.10. The monoisotopic (exact) mass is 368 g/mol. The van der Waals surface area contributed by atoms with Crippen molar-refractivity contribution in [2.45, 2.75) is 26.4 Å². The number of hydrogen-bond acceptors (Lipinski definition) is 2. The molecule has 2 aromatic rings. The average molecular weight is 370 g/mol. The zero-order valence-corrected chi connectivity index (χ0v) is 14.6. The third kappa shape index (κ3) is 3.79. The summed E-state index contributed by atoms with van der Waals surface area (Å²) in [6.07, 6.45) is -0.146. The van der Waals surface area contributed by atoms with E-state index in [2.05, 4.69) is 34.1 Å². The van der Waals surface area contributed by atoms with Crippen molar-refractivity contribution in [1.29, 1.82) is 0 Å². The van der Waals surface area contributed by atoms with Gasteiger partial charge in [0.2, 0.25) is 0 Å². The minimum absolute atomic E-state index is 0.524. The molecule has 0 amide bonds. The Morgan fingerprint density at radius 2 is 1.95 bits per heavy atom. The molecule has 112 valence electrons. The van der Waals surface area contributed by atoms with Gasteiger partial charge in [-0.25, -0.2) is 0 Å². The fourth-order valence-corrected chi connectivity index (χ4v) is 3.38. The topological polar surface area (TPSA) is 29.5 Å². The molecular weight excluding hydrogens is 352 g/mol. The molecule has 0 bridgehead atoms. The molecule has 0 heterocycles. The molecular formula is C17H18BrClO2. The van der Waals surface area contributed by atoms with Crippen molar-refractivity contribution in [2.75, 3.05) is 7.11 Å². The van der Waals surface area contributed by atoms with Crippen molar-refractivity contribution in [3.05, 3.63) is 62.1 Å². The van der Waals surface area contributed by atoms with Gasteiger partial charge in [0.25, 0.3) is 0 Å². The first kappa shape index (κ1) is 16.3. The third-order valence-corrected chi connectivity index (χ3v) is 4.33. The van der Waals surface area contributed by atoms with Crippen molar-refractivity contribution in [3.8, 4) is 5.75 Å². The molecule has 1 N–H and O–H groups in total. The number of rotatable bonds is 4. The second-order valence-corrected chi connectivity index (χ2v) is 6.45. The molecule has 0 aromatic heterocycles. The van der Waals surface area contributed by atoms with Crippen LogP contribution in [-0.4, -0.2) is 12.2 Å². The van der Waals surface area contributed by atoms with E-state index in [0.717, 1.165) is 10.0 Å². The Morgan fingerprint density at radius 1 is 1.24 bits per heavy atom.